The van der Waals surface area contributed by atoms with Crippen LogP contribution in [0.25, 0.3) is 0 Å². The number of rotatable bonds is 10. The molecule has 0 saturated carbocycles. The van der Waals surface area contributed by atoms with Crippen LogP contribution in [0.3, 0.4) is 0 Å². The van der Waals surface area contributed by atoms with Crippen LogP contribution in [0, 0.1) is 0 Å². The Morgan fingerprint density at radius 2 is 0.756 bits per heavy atom. The maximum absolute atomic E-state index is 12.7. The Kier molecular flexibility index (Phi) is 12.5. The second-order valence-corrected chi connectivity index (χ2v) is 23.1. The zero-order valence-electron chi connectivity index (χ0n) is 29.2. The quantitative estimate of drug-likeness (QED) is 0.111. The van der Waals surface area contributed by atoms with Gasteiger partial charge in [0.25, 0.3) is 0 Å². The molecule has 0 bridgehead atoms. The molecule has 0 fully saturated rings. The average molecular weight is 695 g/mol. The monoisotopic (exact) mass is 694 g/mol. The number of hydrogen-bond acceptors (Lipinski definition) is 6. The van der Waals surface area contributed by atoms with Gasteiger partial charge in [0.05, 0.1) is 0 Å². The van der Waals surface area contributed by atoms with Crippen molar-refractivity contribution in [3.63, 3.8) is 0 Å². The first-order chi connectivity index (χ1) is 20.0. The van der Waals surface area contributed by atoms with E-state index in [1.807, 2.05) is 83.1 Å². The summed E-state index contributed by atoms with van der Waals surface area (Å²) in [6, 6.07) is 6.70. The molecule has 0 aliphatic carbocycles. The zero-order valence-corrected chi connectivity index (χ0v) is 33.1. The molecule has 252 valence electrons. The number of benzene rings is 2. The molecule has 2 rings (SSSR count). The normalized spacial score (nSPS) is 15.1. The fraction of sp³-hybridized carbons (Fsp3) is 0.647. The number of phenols is 2. The summed E-state index contributed by atoms with van der Waals surface area (Å²) in [4.78, 5) is 0. The maximum atomic E-state index is 12.7. The zero-order chi connectivity index (χ0) is 35.1. The van der Waals surface area contributed by atoms with E-state index in [0.717, 1.165) is 0 Å². The van der Waals surface area contributed by atoms with Crippen molar-refractivity contribution in [2.24, 2.45) is 0 Å². The van der Waals surface area contributed by atoms with Crippen LogP contribution in [-0.4, -0.2) is 70.0 Å². The molecule has 2 aromatic carbocycles. The van der Waals surface area contributed by atoms with E-state index in [9.17, 15) is 36.2 Å². The van der Waals surface area contributed by atoms with Crippen molar-refractivity contribution >= 4 is 54.1 Å². The van der Waals surface area contributed by atoms with Crippen molar-refractivity contribution in [2.75, 3.05) is 0 Å². The van der Waals surface area contributed by atoms with Gasteiger partial charge in [-0.05, 0) is 0 Å². The van der Waals surface area contributed by atoms with Gasteiger partial charge in [0.2, 0.25) is 0 Å². The molecule has 0 spiro atoms. The summed E-state index contributed by atoms with van der Waals surface area (Å²) >= 11 is -1.53. The van der Waals surface area contributed by atoms with Crippen LogP contribution in [0.15, 0.2) is 24.3 Å². The van der Waals surface area contributed by atoms with Gasteiger partial charge in [-0.3, -0.25) is 0 Å². The Balaban J connectivity index is 2.40. The number of aromatic hydroxyl groups is 2. The SMILES string of the molecule is CC(C)(C)c1cc(C(C[CH2][Ca][CH2]CC(c2cc(C(C)(C)C)c(O)c(C(C)(C)C)c2)S(=O)(=O)O)S(=O)(=O)O)cc(C(C)(C)C)c1O. The Labute approximate surface area is 290 Å². The number of phenolic OH excluding ortho intramolecular Hbond substituents is 2. The summed E-state index contributed by atoms with van der Waals surface area (Å²) in [5, 5.41) is 19.8. The van der Waals surface area contributed by atoms with E-state index >= 15 is 0 Å². The molecule has 4 N–H and O–H groups in total. The van der Waals surface area contributed by atoms with E-state index in [-0.39, 0.29) is 24.3 Å². The van der Waals surface area contributed by atoms with E-state index in [1.165, 1.54) is 0 Å². The van der Waals surface area contributed by atoms with E-state index in [1.54, 1.807) is 24.3 Å². The van der Waals surface area contributed by atoms with Gasteiger partial charge in [-0.2, -0.15) is 0 Å². The van der Waals surface area contributed by atoms with Crippen molar-refractivity contribution in [1.29, 1.82) is 0 Å². The Morgan fingerprint density at radius 1 is 0.533 bits per heavy atom. The van der Waals surface area contributed by atoms with Gasteiger partial charge in [-0.1, -0.05) is 0 Å². The molecule has 0 amide bonds. The van der Waals surface area contributed by atoms with Crippen molar-refractivity contribution in [2.45, 2.75) is 133 Å². The van der Waals surface area contributed by atoms with Crippen LogP contribution in [-0.2, 0) is 41.9 Å². The van der Waals surface area contributed by atoms with Gasteiger partial charge in [-0.25, -0.2) is 0 Å². The predicted molar refractivity (Wildman–Crippen MR) is 184 cm³/mol. The van der Waals surface area contributed by atoms with Gasteiger partial charge >= 0.3 is 292 Å². The van der Waals surface area contributed by atoms with Gasteiger partial charge in [0.15, 0.2) is 0 Å². The summed E-state index contributed by atoms with van der Waals surface area (Å²) < 4.78 is 72.3. The Morgan fingerprint density at radius 3 is 0.933 bits per heavy atom. The third-order valence-electron chi connectivity index (χ3n) is 8.39. The third kappa shape index (κ3) is 10.6. The topological polar surface area (TPSA) is 149 Å². The van der Waals surface area contributed by atoms with E-state index in [0.29, 0.717) is 38.4 Å². The molecule has 0 aliphatic rings. The van der Waals surface area contributed by atoms with Crippen LogP contribution in [0.1, 0.15) is 140 Å². The molecule has 0 saturated heterocycles. The Hall–Kier alpha value is -0.880. The van der Waals surface area contributed by atoms with Gasteiger partial charge in [0, 0.05) is 0 Å². The standard InChI is InChI=1S/2C17H27O4S.Ca/c2*1-8-14(22(19,20)21)11-9-12(16(2,3)4)15(18)13(10-11)17(5,6)7;/h2*9-10,14,18H,1,8H2,2-7H3,(H,19,20,21);. The van der Waals surface area contributed by atoms with Crippen LogP contribution >= 0.6 is 0 Å². The molecule has 8 nitrogen and oxygen atoms in total. The van der Waals surface area contributed by atoms with Gasteiger partial charge < -0.3 is 0 Å². The molecule has 2 aromatic rings. The first-order valence-corrected chi connectivity index (χ1v) is 21.8. The molecule has 0 radical (unpaired) electrons. The van der Waals surface area contributed by atoms with E-state index < -0.39 is 86.2 Å². The predicted octanol–water partition coefficient (Wildman–Crippen LogP) is 8.17. The summed E-state index contributed by atoms with van der Waals surface area (Å²) in [5.41, 5.74) is 1.39. The summed E-state index contributed by atoms with van der Waals surface area (Å²) in [6.07, 6.45) is 0.351. The summed E-state index contributed by atoms with van der Waals surface area (Å²) in [6.45, 7) is 23.2. The first kappa shape index (κ1) is 40.3. The molecule has 2 unspecified atom stereocenters. The second-order valence-electron chi connectivity index (χ2n) is 16.6. The van der Waals surface area contributed by atoms with Crippen LogP contribution in [0.2, 0.25) is 5.04 Å². The molecule has 0 heterocycles. The van der Waals surface area contributed by atoms with Crippen molar-refractivity contribution < 1.29 is 36.2 Å². The summed E-state index contributed by atoms with van der Waals surface area (Å²) in [5.74, 6) is 0.250. The molecular formula is C34H54CaO8S2. The van der Waals surface area contributed by atoms with Crippen molar-refractivity contribution in [3.8, 4) is 11.5 Å². The fourth-order valence-electron chi connectivity index (χ4n) is 5.78. The molecule has 11 heteroatoms. The van der Waals surface area contributed by atoms with Crippen LogP contribution in [0.4, 0.5) is 0 Å². The second kappa shape index (κ2) is 13.9. The minimum absolute atomic E-state index is 0.125. The average Bonchev–Trinajstić information content (AvgIpc) is 2.80. The third-order valence-corrected chi connectivity index (χ3v) is 13.7. The van der Waals surface area contributed by atoms with E-state index in [4.69, 9.17) is 0 Å². The Bertz CT molecular complexity index is 1390. The number of hydrogen-bond donors (Lipinski definition) is 4. The van der Waals surface area contributed by atoms with Gasteiger partial charge in [0.1, 0.15) is 0 Å². The summed E-state index contributed by atoms with van der Waals surface area (Å²) in [7, 11) is -8.96. The molecule has 0 aliphatic heterocycles. The first-order valence-electron chi connectivity index (χ1n) is 15.7. The minimum atomic E-state index is -4.48. The van der Waals surface area contributed by atoms with Gasteiger partial charge in [-0.15, -0.1) is 0 Å². The molecule has 45 heavy (non-hydrogen) atoms. The molecule has 2 atom stereocenters. The van der Waals surface area contributed by atoms with Crippen LogP contribution < -0.4 is 0 Å². The van der Waals surface area contributed by atoms with Crippen LogP contribution in [0.5, 0.6) is 11.5 Å². The van der Waals surface area contributed by atoms with Crippen molar-refractivity contribution in [1.82, 2.24) is 0 Å². The fourth-order valence-corrected chi connectivity index (χ4v) is 11.3. The van der Waals surface area contributed by atoms with E-state index in [2.05, 4.69) is 0 Å². The van der Waals surface area contributed by atoms with Crippen molar-refractivity contribution in [3.05, 3.63) is 57.6 Å². The molecule has 0 aromatic heterocycles. The molecular weight excluding hydrogens is 641 g/mol.